The monoisotopic (exact) mass is 362 g/mol. The lowest BCUT2D eigenvalue weighted by molar-refractivity contribution is 0.0952. The van der Waals surface area contributed by atoms with Gasteiger partial charge in [0.1, 0.15) is 16.9 Å². The highest BCUT2D eigenvalue weighted by molar-refractivity contribution is 6.10. The molecule has 0 unspecified atom stereocenters. The standard InChI is InChI=1S/C21H19FN4O/c1-26(2)12-11-23-21(27)14-6-4-8-16-19(14)25-20-17(24-16)10-9-13-5-3-7-15(22)18(13)20/h3-10H,11-12H2,1-2H3,(H,23,27). The number of carbonyl (C=O) groups excluding carboxylic acids is 1. The number of likely N-dealkylation sites (N-methyl/N-ethyl adjacent to an activating group) is 1. The van der Waals surface area contributed by atoms with Gasteiger partial charge in [0.25, 0.3) is 5.91 Å². The molecule has 1 aromatic heterocycles. The van der Waals surface area contributed by atoms with E-state index in [9.17, 15) is 9.18 Å². The predicted octanol–water partition coefficient (Wildman–Crippen LogP) is 3.37. The Morgan fingerprint density at radius 3 is 2.59 bits per heavy atom. The van der Waals surface area contributed by atoms with Crippen LogP contribution >= 0.6 is 0 Å². The van der Waals surface area contributed by atoms with Crippen molar-refractivity contribution in [2.45, 2.75) is 0 Å². The second-order valence-corrected chi connectivity index (χ2v) is 6.73. The smallest absolute Gasteiger partial charge is 0.253 e. The van der Waals surface area contributed by atoms with E-state index in [0.29, 0.717) is 39.6 Å². The predicted molar refractivity (Wildman–Crippen MR) is 105 cm³/mol. The summed E-state index contributed by atoms with van der Waals surface area (Å²) in [7, 11) is 3.89. The van der Waals surface area contributed by atoms with Gasteiger partial charge in [0.2, 0.25) is 0 Å². The van der Waals surface area contributed by atoms with Crippen LogP contribution in [0.3, 0.4) is 0 Å². The second kappa shape index (κ2) is 6.89. The minimum atomic E-state index is -0.348. The van der Waals surface area contributed by atoms with Gasteiger partial charge in [0.15, 0.2) is 0 Å². The quantitative estimate of drug-likeness (QED) is 0.447. The fourth-order valence-corrected chi connectivity index (χ4v) is 3.16. The van der Waals surface area contributed by atoms with Crippen LogP contribution in [0.4, 0.5) is 4.39 Å². The van der Waals surface area contributed by atoms with Crippen LogP contribution in [0.1, 0.15) is 10.4 Å². The highest BCUT2D eigenvalue weighted by atomic mass is 19.1. The van der Waals surface area contributed by atoms with E-state index in [-0.39, 0.29) is 11.7 Å². The van der Waals surface area contributed by atoms with Crippen LogP contribution in [-0.4, -0.2) is 48.0 Å². The summed E-state index contributed by atoms with van der Waals surface area (Å²) < 4.78 is 14.5. The molecule has 4 aromatic rings. The fourth-order valence-electron chi connectivity index (χ4n) is 3.16. The first-order chi connectivity index (χ1) is 13.0. The Kier molecular flexibility index (Phi) is 4.41. The molecule has 0 aliphatic heterocycles. The van der Waals surface area contributed by atoms with Gasteiger partial charge < -0.3 is 10.2 Å². The SMILES string of the molecule is CN(C)CCNC(=O)c1cccc2nc3ccc4cccc(F)c4c3nc12. The number of benzene rings is 3. The third-order valence-corrected chi connectivity index (χ3v) is 4.51. The largest absolute Gasteiger partial charge is 0.351 e. The van der Waals surface area contributed by atoms with Gasteiger partial charge in [-0.1, -0.05) is 24.3 Å². The van der Waals surface area contributed by atoms with Gasteiger partial charge in [-0.3, -0.25) is 4.79 Å². The maximum absolute atomic E-state index is 14.5. The van der Waals surface area contributed by atoms with Crippen LogP contribution < -0.4 is 5.32 Å². The number of hydrogen-bond donors (Lipinski definition) is 1. The number of aromatic nitrogens is 2. The van der Waals surface area contributed by atoms with Crippen LogP contribution in [0.25, 0.3) is 32.8 Å². The third-order valence-electron chi connectivity index (χ3n) is 4.51. The molecule has 5 nitrogen and oxygen atoms in total. The first-order valence-electron chi connectivity index (χ1n) is 8.75. The van der Waals surface area contributed by atoms with E-state index in [1.54, 1.807) is 18.2 Å². The van der Waals surface area contributed by atoms with E-state index < -0.39 is 0 Å². The Morgan fingerprint density at radius 2 is 1.78 bits per heavy atom. The molecule has 0 atom stereocenters. The molecule has 0 spiro atoms. The van der Waals surface area contributed by atoms with Crippen molar-refractivity contribution in [3.63, 3.8) is 0 Å². The van der Waals surface area contributed by atoms with Gasteiger partial charge in [-0.2, -0.15) is 0 Å². The average molecular weight is 362 g/mol. The van der Waals surface area contributed by atoms with E-state index in [1.165, 1.54) is 6.07 Å². The first-order valence-corrected chi connectivity index (χ1v) is 8.75. The van der Waals surface area contributed by atoms with Crippen molar-refractivity contribution in [1.82, 2.24) is 20.2 Å². The number of rotatable bonds is 4. The second-order valence-electron chi connectivity index (χ2n) is 6.73. The number of fused-ring (bicyclic) bond motifs is 4. The van der Waals surface area contributed by atoms with Crippen molar-refractivity contribution in [2.75, 3.05) is 27.2 Å². The lowest BCUT2D eigenvalue weighted by Crippen LogP contribution is -2.31. The zero-order valence-corrected chi connectivity index (χ0v) is 15.2. The molecule has 1 heterocycles. The van der Waals surface area contributed by atoms with Crippen LogP contribution in [0.15, 0.2) is 48.5 Å². The Balaban J connectivity index is 1.88. The van der Waals surface area contributed by atoms with Crippen molar-refractivity contribution in [3.8, 4) is 0 Å². The molecule has 4 rings (SSSR count). The van der Waals surface area contributed by atoms with Crippen LogP contribution in [0, 0.1) is 5.82 Å². The minimum Gasteiger partial charge on any atom is -0.351 e. The molecule has 1 amide bonds. The number of amides is 1. The minimum absolute atomic E-state index is 0.211. The average Bonchev–Trinajstić information content (AvgIpc) is 2.65. The van der Waals surface area contributed by atoms with Crippen LogP contribution in [-0.2, 0) is 0 Å². The molecule has 0 aliphatic carbocycles. The zero-order valence-electron chi connectivity index (χ0n) is 15.2. The highest BCUT2D eigenvalue weighted by Crippen LogP contribution is 2.28. The molecule has 3 aromatic carbocycles. The summed E-state index contributed by atoms with van der Waals surface area (Å²) in [5, 5.41) is 4.07. The third kappa shape index (κ3) is 3.19. The fraction of sp³-hybridized carbons (Fsp3) is 0.190. The lowest BCUT2D eigenvalue weighted by atomic mass is 10.1. The van der Waals surface area contributed by atoms with Crippen molar-refractivity contribution in [3.05, 3.63) is 59.9 Å². The first kappa shape index (κ1) is 17.3. The summed E-state index contributed by atoms with van der Waals surface area (Å²) in [6, 6.07) is 13.9. The van der Waals surface area contributed by atoms with E-state index in [4.69, 9.17) is 0 Å². The highest BCUT2D eigenvalue weighted by Gasteiger charge is 2.15. The Bertz CT molecular complexity index is 1170. The van der Waals surface area contributed by atoms with E-state index >= 15 is 0 Å². The molecule has 0 aliphatic rings. The van der Waals surface area contributed by atoms with Gasteiger partial charge >= 0.3 is 0 Å². The molecule has 27 heavy (non-hydrogen) atoms. The number of nitrogens with zero attached hydrogens (tertiary/aromatic N) is 3. The Labute approximate surface area is 155 Å². The van der Waals surface area contributed by atoms with Crippen molar-refractivity contribution in [1.29, 1.82) is 0 Å². The molecule has 0 radical (unpaired) electrons. The summed E-state index contributed by atoms with van der Waals surface area (Å²) in [6.07, 6.45) is 0. The summed E-state index contributed by atoms with van der Waals surface area (Å²) in [5.41, 5.74) is 2.59. The zero-order chi connectivity index (χ0) is 19.0. The molecule has 0 saturated carbocycles. The van der Waals surface area contributed by atoms with Gasteiger partial charge in [0, 0.05) is 18.5 Å². The molecule has 0 saturated heterocycles. The number of carbonyl (C=O) groups is 1. The molecule has 6 heteroatoms. The maximum Gasteiger partial charge on any atom is 0.253 e. The maximum atomic E-state index is 14.5. The summed E-state index contributed by atoms with van der Waals surface area (Å²) in [6.45, 7) is 1.27. The number of halogens is 1. The Morgan fingerprint density at radius 1 is 1.00 bits per heavy atom. The normalized spacial score (nSPS) is 11.6. The molecule has 136 valence electrons. The van der Waals surface area contributed by atoms with Gasteiger partial charge in [-0.05, 0) is 43.7 Å². The summed E-state index contributed by atoms with van der Waals surface area (Å²) in [4.78, 5) is 23.9. The summed E-state index contributed by atoms with van der Waals surface area (Å²) in [5.74, 6) is -0.559. The number of nitrogens with one attached hydrogen (secondary N) is 1. The van der Waals surface area contributed by atoms with Crippen molar-refractivity contribution < 1.29 is 9.18 Å². The molecule has 0 fully saturated rings. The number of para-hydroxylation sites is 1. The molecular formula is C21H19FN4O. The van der Waals surface area contributed by atoms with E-state index in [0.717, 1.165) is 11.9 Å². The van der Waals surface area contributed by atoms with Crippen molar-refractivity contribution >= 4 is 38.7 Å². The summed E-state index contributed by atoms with van der Waals surface area (Å²) >= 11 is 0. The van der Waals surface area contributed by atoms with Crippen LogP contribution in [0.5, 0.6) is 0 Å². The molecule has 1 N–H and O–H groups in total. The topological polar surface area (TPSA) is 58.1 Å². The van der Waals surface area contributed by atoms with Crippen LogP contribution in [0.2, 0.25) is 0 Å². The Hall–Kier alpha value is -3.12. The van der Waals surface area contributed by atoms with Gasteiger partial charge in [0.05, 0.1) is 16.6 Å². The molecular weight excluding hydrogens is 343 g/mol. The lowest BCUT2D eigenvalue weighted by Gasteiger charge is -2.12. The van der Waals surface area contributed by atoms with Gasteiger partial charge in [-0.15, -0.1) is 0 Å². The number of hydrogen-bond acceptors (Lipinski definition) is 4. The van der Waals surface area contributed by atoms with Gasteiger partial charge in [-0.25, -0.2) is 14.4 Å². The van der Waals surface area contributed by atoms with E-state index in [2.05, 4.69) is 15.3 Å². The molecule has 0 bridgehead atoms. The van der Waals surface area contributed by atoms with Crippen molar-refractivity contribution in [2.24, 2.45) is 0 Å². The van der Waals surface area contributed by atoms with E-state index in [1.807, 2.05) is 43.3 Å².